The highest BCUT2D eigenvalue weighted by molar-refractivity contribution is 7.15. The molecular weight excluding hydrogens is 248 g/mol. The minimum Gasteiger partial charge on any atom is -0.486 e. The molecule has 0 saturated carbocycles. The van der Waals surface area contributed by atoms with Crippen molar-refractivity contribution >= 4 is 16.5 Å². The molecule has 1 aromatic heterocycles. The fourth-order valence-corrected chi connectivity index (χ4v) is 2.47. The van der Waals surface area contributed by atoms with E-state index in [-0.39, 0.29) is 0 Å². The van der Waals surface area contributed by atoms with E-state index in [9.17, 15) is 0 Å². The van der Waals surface area contributed by atoms with Gasteiger partial charge in [0.25, 0.3) is 0 Å². The summed E-state index contributed by atoms with van der Waals surface area (Å²) in [6, 6.07) is 6.02. The molecule has 94 valence electrons. The van der Waals surface area contributed by atoms with Crippen LogP contribution in [-0.2, 0) is 6.54 Å². The monoisotopic (exact) mass is 262 g/mol. The minimum atomic E-state index is 0.621. The Morgan fingerprint density at radius 1 is 1.28 bits per heavy atom. The first-order valence-corrected chi connectivity index (χ1v) is 6.68. The third-order valence-electron chi connectivity index (χ3n) is 2.67. The first-order chi connectivity index (χ1) is 8.81. The van der Waals surface area contributed by atoms with Gasteiger partial charge in [-0.2, -0.15) is 0 Å². The summed E-state index contributed by atoms with van der Waals surface area (Å²) >= 11 is 1.66. The molecule has 0 atom stereocenters. The molecule has 0 unspecified atom stereocenters. The fraction of sp³-hybridized carbons (Fsp3) is 0.308. The van der Waals surface area contributed by atoms with Crippen LogP contribution in [0.4, 0.5) is 5.13 Å². The lowest BCUT2D eigenvalue weighted by Crippen LogP contribution is -2.15. The quantitative estimate of drug-likeness (QED) is 0.923. The SMILES string of the molecule is Cc1cnc(NCc2ccc3c(c2)OCCO3)s1. The molecule has 4 nitrogen and oxygen atoms in total. The van der Waals surface area contributed by atoms with E-state index < -0.39 is 0 Å². The normalized spacial score (nSPS) is 13.4. The lowest BCUT2D eigenvalue weighted by molar-refractivity contribution is 0.171. The smallest absolute Gasteiger partial charge is 0.183 e. The van der Waals surface area contributed by atoms with Crippen LogP contribution in [0.25, 0.3) is 0 Å². The Kier molecular flexibility index (Phi) is 3.06. The number of thiazole rings is 1. The van der Waals surface area contributed by atoms with Gasteiger partial charge in [0.15, 0.2) is 16.6 Å². The zero-order valence-electron chi connectivity index (χ0n) is 10.1. The van der Waals surface area contributed by atoms with Crippen LogP contribution in [0.1, 0.15) is 10.4 Å². The van der Waals surface area contributed by atoms with E-state index in [2.05, 4.69) is 10.3 Å². The number of fused-ring (bicyclic) bond motifs is 1. The lowest BCUT2D eigenvalue weighted by Gasteiger charge is -2.18. The highest BCUT2D eigenvalue weighted by Crippen LogP contribution is 2.31. The van der Waals surface area contributed by atoms with Gasteiger partial charge in [-0.15, -0.1) is 11.3 Å². The van der Waals surface area contributed by atoms with Gasteiger partial charge in [-0.25, -0.2) is 4.98 Å². The first-order valence-electron chi connectivity index (χ1n) is 5.86. The highest BCUT2D eigenvalue weighted by atomic mass is 32.1. The molecule has 1 aliphatic heterocycles. The molecule has 1 aliphatic rings. The summed E-state index contributed by atoms with van der Waals surface area (Å²) in [7, 11) is 0. The number of ether oxygens (including phenoxy) is 2. The van der Waals surface area contributed by atoms with E-state index >= 15 is 0 Å². The van der Waals surface area contributed by atoms with Crippen molar-refractivity contribution in [2.75, 3.05) is 18.5 Å². The minimum absolute atomic E-state index is 0.621. The van der Waals surface area contributed by atoms with Gasteiger partial charge in [0, 0.05) is 17.6 Å². The Morgan fingerprint density at radius 3 is 2.89 bits per heavy atom. The molecule has 0 radical (unpaired) electrons. The Hall–Kier alpha value is -1.75. The second-order valence-corrected chi connectivity index (χ2v) is 5.34. The molecule has 0 amide bonds. The predicted molar refractivity (Wildman–Crippen MR) is 71.6 cm³/mol. The van der Waals surface area contributed by atoms with Crippen LogP contribution in [0.15, 0.2) is 24.4 Å². The number of rotatable bonds is 3. The first kappa shape index (κ1) is 11.3. The summed E-state index contributed by atoms with van der Waals surface area (Å²) in [5.41, 5.74) is 1.16. The summed E-state index contributed by atoms with van der Waals surface area (Å²) in [6.45, 7) is 4.04. The number of anilines is 1. The molecule has 1 aromatic carbocycles. The largest absolute Gasteiger partial charge is 0.486 e. The molecule has 0 saturated heterocycles. The van der Waals surface area contributed by atoms with Crippen LogP contribution in [-0.4, -0.2) is 18.2 Å². The third kappa shape index (κ3) is 2.41. The average Bonchev–Trinajstić information content (AvgIpc) is 2.82. The number of hydrogen-bond donors (Lipinski definition) is 1. The average molecular weight is 262 g/mol. The van der Waals surface area contributed by atoms with Crippen molar-refractivity contribution in [3.8, 4) is 11.5 Å². The van der Waals surface area contributed by atoms with Gasteiger partial charge in [-0.3, -0.25) is 0 Å². The summed E-state index contributed by atoms with van der Waals surface area (Å²) in [6.07, 6.45) is 1.87. The van der Waals surface area contributed by atoms with E-state index in [4.69, 9.17) is 9.47 Å². The maximum Gasteiger partial charge on any atom is 0.183 e. The molecule has 0 bridgehead atoms. The van der Waals surface area contributed by atoms with Crippen molar-refractivity contribution in [3.05, 3.63) is 34.8 Å². The number of aromatic nitrogens is 1. The van der Waals surface area contributed by atoms with Gasteiger partial charge in [0.1, 0.15) is 13.2 Å². The summed E-state index contributed by atoms with van der Waals surface area (Å²) in [5, 5.41) is 4.25. The van der Waals surface area contributed by atoms with Crippen LogP contribution < -0.4 is 14.8 Å². The van der Waals surface area contributed by atoms with Crippen molar-refractivity contribution in [2.45, 2.75) is 13.5 Å². The molecule has 0 aliphatic carbocycles. The van der Waals surface area contributed by atoms with Crippen LogP contribution in [0.5, 0.6) is 11.5 Å². The van der Waals surface area contributed by atoms with Crippen molar-refractivity contribution in [1.29, 1.82) is 0 Å². The Bertz CT molecular complexity index is 554. The van der Waals surface area contributed by atoms with Gasteiger partial charge in [-0.1, -0.05) is 6.07 Å². The van der Waals surface area contributed by atoms with E-state index in [1.807, 2.05) is 31.3 Å². The maximum absolute atomic E-state index is 5.55. The van der Waals surface area contributed by atoms with E-state index in [1.54, 1.807) is 11.3 Å². The topological polar surface area (TPSA) is 43.4 Å². The van der Waals surface area contributed by atoms with Gasteiger partial charge in [-0.05, 0) is 24.6 Å². The van der Waals surface area contributed by atoms with Crippen molar-refractivity contribution in [2.24, 2.45) is 0 Å². The van der Waals surface area contributed by atoms with Crippen LogP contribution in [0.2, 0.25) is 0 Å². The number of nitrogens with one attached hydrogen (secondary N) is 1. The Balaban J connectivity index is 1.69. The van der Waals surface area contributed by atoms with Crippen molar-refractivity contribution in [1.82, 2.24) is 4.98 Å². The zero-order valence-corrected chi connectivity index (χ0v) is 10.9. The molecular formula is C13H14N2O2S. The van der Waals surface area contributed by atoms with Crippen LogP contribution in [0.3, 0.4) is 0 Å². The summed E-state index contributed by atoms with van der Waals surface area (Å²) in [5.74, 6) is 1.66. The van der Waals surface area contributed by atoms with Crippen molar-refractivity contribution in [3.63, 3.8) is 0 Å². The van der Waals surface area contributed by atoms with Crippen molar-refractivity contribution < 1.29 is 9.47 Å². The van der Waals surface area contributed by atoms with Gasteiger partial charge in [0.05, 0.1) is 0 Å². The lowest BCUT2D eigenvalue weighted by atomic mass is 10.2. The summed E-state index contributed by atoms with van der Waals surface area (Å²) < 4.78 is 11.0. The number of aryl methyl sites for hydroxylation is 1. The van der Waals surface area contributed by atoms with E-state index in [1.165, 1.54) is 4.88 Å². The number of benzene rings is 1. The molecule has 0 fully saturated rings. The second kappa shape index (κ2) is 4.86. The van der Waals surface area contributed by atoms with E-state index in [0.29, 0.717) is 13.2 Å². The molecule has 1 N–H and O–H groups in total. The maximum atomic E-state index is 5.55. The fourth-order valence-electron chi connectivity index (χ4n) is 1.81. The molecule has 5 heteroatoms. The number of nitrogens with zero attached hydrogens (tertiary/aromatic N) is 1. The van der Waals surface area contributed by atoms with Gasteiger partial charge < -0.3 is 14.8 Å². The number of hydrogen-bond acceptors (Lipinski definition) is 5. The zero-order chi connectivity index (χ0) is 12.4. The summed E-state index contributed by atoms with van der Waals surface area (Å²) in [4.78, 5) is 5.48. The Labute approximate surface area is 110 Å². The van der Waals surface area contributed by atoms with Gasteiger partial charge in [0.2, 0.25) is 0 Å². The Morgan fingerprint density at radius 2 is 2.11 bits per heavy atom. The molecule has 2 aromatic rings. The highest BCUT2D eigenvalue weighted by Gasteiger charge is 2.11. The standard InChI is InChI=1S/C13H14N2O2S/c1-9-7-14-13(18-9)15-8-10-2-3-11-12(6-10)17-5-4-16-11/h2-3,6-7H,4-5,8H2,1H3,(H,14,15). The van der Waals surface area contributed by atoms with Crippen LogP contribution >= 0.6 is 11.3 Å². The van der Waals surface area contributed by atoms with Crippen LogP contribution in [0, 0.1) is 6.92 Å². The molecule has 2 heterocycles. The predicted octanol–water partition coefficient (Wildman–Crippen LogP) is 2.83. The molecule has 3 rings (SSSR count). The van der Waals surface area contributed by atoms with Gasteiger partial charge >= 0.3 is 0 Å². The third-order valence-corrected chi connectivity index (χ3v) is 3.54. The molecule has 18 heavy (non-hydrogen) atoms. The van der Waals surface area contributed by atoms with E-state index in [0.717, 1.165) is 28.7 Å². The second-order valence-electron chi connectivity index (χ2n) is 4.11. The molecule has 0 spiro atoms.